The van der Waals surface area contributed by atoms with Gasteiger partial charge in [0.05, 0.1) is 19.0 Å². The van der Waals surface area contributed by atoms with Gasteiger partial charge in [-0.05, 0) is 78.8 Å². The Morgan fingerprint density at radius 3 is 2.62 bits per heavy atom. The summed E-state index contributed by atoms with van der Waals surface area (Å²) in [7, 11) is 0. The van der Waals surface area contributed by atoms with Crippen LogP contribution >= 0.6 is 11.6 Å². The number of anilines is 1. The van der Waals surface area contributed by atoms with Crippen molar-refractivity contribution in [2.45, 2.75) is 39.2 Å². The zero-order chi connectivity index (χ0) is 25.9. The van der Waals surface area contributed by atoms with Crippen LogP contribution in [0.3, 0.4) is 0 Å². The molecule has 2 N–H and O–H groups in total. The third-order valence-corrected chi connectivity index (χ3v) is 7.68. The van der Waals surface area contributed by atoms with Gasteiger partial charge in [0.25, 0.3) is 0 Å². The molecule has 0 radical (unpaired) electrons. The summed E-state index contributed by atoms with van der Waals surface area (Å²) in [5.74, 6) is 1.48. The van der Waals surface area contributed by atoms with Gasteiger partial charge in [-0.1, -0.05) is 47.5 Å². The Kier molecular flexibility index (Phi) is 7.73. The molecular weight excluding hydrogens is 487 g/mol. The quantitative estimate of drug-likeness (QED) is 0.338. The van der Waals surface area contributed by atoms with Crippen LogP contribution in [-0.2, 0) is 0 Å². The average Bonchev–Trinajstić information content (AvgIpc) is 3.24. The van der Waals surface area contributed by atoms with Gasteiger partial charge in [-0.3, -0.25) is 9.29 Å². The van der Waals surface area contributed by atoms with Gasteiger partial charge in [-0.25, -0.2) is 0 Å². The van der Waals surface area contributed by atoms with Crippen LogP contribution < -0.4 is 15.2 Å². The zero-order valence-corrected chi connectivity index (χ0v) is 22.3. The maximum atomic E-state index is 12.5. The molecule has 1 fully saturated rings. The fourth-order valence-corrected chi connectivity index (χ4v) is 5.69. The molecule has 5 rings (SSSR count). The molecule has 1 atom stereocenters. The number of benzene rings is 3. The first-order valence-electron chi connectivity index (χ1n) is 13.0. The van der Waals surface area contributed by atoms with Crippen molar-refractivity contribution in [3.05, 3.63) is 87.4 Å². The van der Waals surface area contributed by atoms with Crippen LogP contribution in [0.4, 0.5) is 10.1 Å². The van der Waals surface area contributed by atoms with Crippen LogP contribution in [0.2, 0.25) is 5.02 Å². The van der Waals surface area contributed by atoms with Crippen molar-refractivity contribution in [1.82, 2.24) is 4.90 Å². The van der Waals surface area contributed by atoms with E-state index in [1.807, 2.05) is 24.3 Å². The van der Waals surface area contributed by atoms with E-state index in [-0.39, 0.29) is 12.8 Å². The number of rotatable bonds is 7. The van der Waals surface area contributed by atoms with Crippen molar-refractivity contribution >= 4 is 28.4 Å². The molecule has 4 nitrogen and oxygen atoms in total. The standard InChI is InChI=1S/C31H34ClFN2O2/c1-20-4-9-25(21(2)18-20)26-13-17-36-31-27(10-11-28(34)30(31)32)29(26)22-5-7-23(8-6-22)37-24-12-16-35(19-24)15-3-14-33/h4-11,18,24H,3,12-17,19,34H2,1-2H3. The van der Waals surface area contributed by atoms with Crippen LogP contribution in [0.5, 0.6) is 11.5 Å². The minimum atomic E-state index is -0.268. The summed E-state index contributed by atoms with van der Waals surface area (Å²) in [6.07, 6.45) is 2.42. The van der Waals surface area contributed by atoms with Crippen molar-refractivity contribution in [2.24, 2.45) is 0 Å². The first-order valence-corrected chi connectivity index (χ1v) is 13.4. The lowest BCUT2D eigenvalue weighted by molar-refractivity contribution is 0.198. The molecule has 37 heavy (non-hydrogen) atoms. The number of nitrogen functional groups attached to an aromatic ring is 1. The first kappa shape index (κ1) is 25.6. The van der Waals surface area contributed by atoms with Gasteiger partial charge in [0, 0.05) is 31.6 Å². The monoisotopic (exact) mass is 520 g/mol. The largest absolute Gasteiger partial charge is 0.491 e. The Morgan fingerprint density at radius 1 is 1.08 bits per heavy atom. The highest BCUT2D eigenvalue weighted by Crippen LogP contribution is 2.46. The summed E-state index contributed by atoms with van der Waals surface area (Å²) < 4.78 is 25.0. The maximum Gasteiger partial charge on any atom is 0.147 e. The van der Waals surface area contributed by atoms with Gasteiger partial charge in [0.1, 0.15) is 22.6 Å². The lowest BCUT2D eigenvalue weighted by Crippen LogP contribution is -2.26. The van der Waals surface area contributed by atoms with E-state index in [1.165, 1.54) is 22.3 Å². The molecule has 0 aliphatic carbocycles. The molecule has 194 valence electrons. The molecule has 0 saturated carbocycles. The maximum absolute atomic E-state index is 12.5. The lowest BCUT2D eigenvalue weighted by atomic mass is 9.86. The zero-order valence-electron chi connectivity index (χ0n) is 21.5. The van der Waals surface area contributed by atoms with Crippen molar-refractivity contribution in [1.29, 1.82) is 0 Å². The molecule has 0 amide bonds. The van der Waals surface area contributed by atoms with Crippen molar-refractivity contribution in [3.8, 4) is 11.5 Å². The topological polar surface area (TPSA) is 47.7 Å². The lowest BCUT2D eigenvalue weighted by Gasteiger charge is -2.19. The van der Waals surface area contributed by atoms with E-state index in [0.717, 1.165) is 54.9 Å². The molecule has 1 saturated heterocycles. The smallest absolute Gasteiger partial charge is 0.147 e. The molecule has 0 aromatic heterocycles. The Balaban J connectivity index is 1.51. The number of nitrogens with two attached hydrogens (primary N) is 1. The normalized spacial score (nSPS) is 17.9. The van der Waals surface area contributed by atoms with Gasteiger partial charge < -0.3 is 15.2 Å². The van der Waals surface area contributed by atoms with Crippen molar-refractivity contribution in [3.63, 3.8) is 0 Å². The molecule has 0 spiro atoms. The summed E-state index contributed by atoms with van der Waals surface area (Å²) in [5, 5.41) is 0.454. The fraction of sp³-hybridized carbons (Fsp3) is 0.355. The number of hydrogen-bond acceptors (Lipinski definition) is 4. The number of ether oxygens (including phenoxy) is 2. The predicted molar refractivity (Wildman–Crippen MR) is 150 cm³/mol. The van der Waals surface area contributed by atoms with Gasteiger partial charge in [0.2, 0.25) is 0 Å². The van der Waals surface area contributed by atoms with Crippen LogP contribution in [0.15, 0.2) is 54.6 Å². The second-order valence-electron chi connectivity index (χ2n) is 10.0. The Hall–Kier alpha value is -3.02. The van der Waals surface area contributed by atoms with E-state index in [0.29, 0.717) is 29.5 Å². The number of fused-ring (bicyclic) bond motifs is 1. The highest BCUT2D eigenvalue weighted by molar-refractivity contribution is 6.35. The Morgan fingerprint density at radius 2 is 1.86 bits per heavy atom. The molecular formula is C31H34ClFN2O2. The van der Waals surface area contributed by atoms with Gasteiger partial charge in [0.15, 0.2) is 0 Å². The Bertz CT molecular complexity index is 1310. The second-order valence-corrected chi connectivity index (χ2v) is 10.4. The highest BCUT2D eigenvalue weighted by Gasteiger charge is 2.26. The van der Waals surface area contributed by atoms with E-state index in [1.54, 1.807) is 0 Å². The minimum absolute atomic E-state index is 0.129. The van der Waals surface area contributed by atoms with Crippen LogP contribution in [0.1, 0.15) is 47.1 Å². The number of likely N-dealkylation sites (tertiary alicyclic amines) is 1. The average molecular weight is 521 g/mol. The second kappa shape index (κ2) is 11.2. The summed E-state index contributed by atoms with van der Waals surface area (Å²) in [5.41, 5.74) is 14.7. The molecule has 3 aromatic rings. The Labute approximate surface area is 223 Å². The van der Waals surface area contributed by atoms with Gasteiger partial charge >= 0.3 is 0 Å². The molecule has 2 aliphatic rings. The van der Waals surface area contributed by atoms with Crippen LogP contribution in [-0.4, -0.2) is 43.9 Å². The summed E-state index contributed by atoms with van der Waals surface area (Å²) in [6, 6.07) is 18.7. The minimum Gasteiger partial charge on any atom is -0.491 e. The molecule has 2 aliphatic heterocycles. The first-order chi connectivity index (χ1) is 17.9. The fourth-order valence-electron chi connectivity index (χ4n) is 5.48. The summed E-state index contributed by atoms with van der Waals surface area (Å²) >= 11 is 6.63. The third kappa shape index (κ3) is 5.48. The highest BCUT2D eigenvalue weighted by atomic mass is 35.5. The SMILES string of the molecule is Cc1ccc(C2=C(c3ccc(OC4CCN(CCCF)C4)cc3)c3ccc(N)c(Cl)c3OCC2)c(C)c1. The third-order valence-electron chi connectivity index (χ3n) is 7.29. The van der Waals surface area contributed by atoms with Crippen LogP contribution in [0.25, 0.3) is 11.1 Å². The molecule has 0 bridgehead atoms. The van der Waals surface area contributed by atoms with Gasteiger partial charge in [-0.2, -0.15) is 0 Å². The summed E-state index contributed by atoms with van der Waals surface area (Å²) in [6.45, 7) is 7.11. The van der Waals surface area contributed by atoms with E-state index < -0.39 is 0 Å². The van der Waals surface area contributed by atoms with Gasteiger partial charge in [-0.15, -0.1) is 0 Å². The molecule has 6 heteroatoms. The predicted octanol–water partition coefficient (Wildman–Crippen LogP) is 7.09. The van der Waals surface area contributed by atoms with Crippen molar-refractivity contribution < 1.29 is 13.9 Å². The number of hydrogen-bond donors (Lipinski definition) is 1. The van der Waals surface area contributed by atoms with Crippen LogP contribution in [0, 0.1) is 13.8 Å². The van der Waals surface area contributed by atoms with E-state index in [4.69, 9.17) is 26.8 Å². The van der Waals surface area contributed by atoms with E-state index in [9.17, 15) is 4.39 Å². The molecule has 2 heterocycles. The number of halogens is 2. The van der Waals surface area contributed by atoms with Crippen molar-refractivity contribution in [2.75, 3.05) is 38.6 Å². The number of aryl methyl sites for hydroxylation is 2. The number of alkyl halides is 1. The summed E-state index contributed by atoms with van der Waals surface area (Å²) in [4.78, 5) is 2.28. The van der Waals surface area contributed by atoms with E-state index >= 15 is 0 Å². The number of nitrogens with zero attached hydrogens (tertiary/aromatic N) is 1. The van der Waals surface area contributed by atoms with E-state index in [2.05, 4.69) is 49.1 Å². The molecule has 3 aromatic carbocycles. The molecule has 1 unspecified atom stereocenters.